The molecule has 2 heterocycles. The number of hydrogen-bond acceptors (Lipinski definition) is 3. The first-order valence-electron chi connectivity index (χ1n) is 6.39. The molecular weight excluding hydrogens is 262 g/mol. The minimum absolute atomic E-state index is 0.161. The molecule has 1 unspecified atom stereocenters. The van der Waals surface area contributed by atoms with Gasteiger partial charge in [-0.05, 0) is 31.2 Å². The number of nitrogens with zero attached hydrogens (tertiary/aromatic N) is 1. The van der Waals surface area contributed by atoms with Crippen molar-refractivity contribution in [1.82, 2.24) is 4.90 Å². The Morgan fingerprint density at radius 3 is 3.05 bits per heavy atom. The second-order valence-corrected chi connectivity index (χ2v) is 5.42. The maximum absolute atomic E-state index is 6.07. The van der Waals surface area contributed by atoms with Crippen molar-refractivity contribution >= 4 is 11.6 Å². The topological polar surface area (TPSA) is 25.6 Å². The van der Waals surface area contributed by atoms with Gasteiger partial charge in [-0.2, -0.15) is 0 Å². The van der Waals surface area contributed by atoms with Crippen molar-refractivity contribution in [3.05, 3.63) is 52.9 Å². The van der Waals surface area contributed by atoms with Gasteiger partial charge >= 0.3 is 0 Å². The highest BCUT2D eigenvalue weighted by Crippen LogP contribution is 2.28. The Morgan fingerprint density at radius 1 is 1.37 bits per heavy atom. The van der Waals surface area contributed by atoms with Crippen LogP contribution in [-0.2, 0) is 13.1 Å². The summed E-state index contributed by atoms with van der Waals surface area (Å²) in [6, 6.07) is 7.81. The van der Waals surface area contributed by atoms with Crippen molar-refractivity contribution in [2.75, 3.05) is 6.54 Å². The zero-order valence-corrected chi connectivity index (χ0v) is 11.6. The average molecular weight is 278 g/mol. The summed E-state index contributed by atoms with van der Waals surface area (Å²) in [6.07, 6.45) is 3.65. The van der Waals surface area contributed by atoms with Crippen LogP contribution in [0.15, 0.2) is 41.2 Å². The summed E-state index contributed by atoms with van der Waals surface area (Å²) in [4.78, 5) is 2.34. The van der Waals surface area contributed by atoms with Gasteiger partial charge in [0, 0.05) is 35.8 Å². The van der Waals surface area contributed by atoms with Crippen LogP contribution in [0, 0.1) is 0 Å². The Labute approximate surface area is 117 Å². The number of furan rings is 1. The van der Waals surface area contributed by atoms with Crippen molar-refractivity contribution in [1.29, 1.82) is 0 Å². The molecule has 0 bridgehead atoms. The molecule has 1 atom stereocenters. The maximum atomic E-state index is 6.07. The first kappa shape index (κ1) is 12.6. The van der Waals surface area contributed by atoms with Crippen LogP contribution in [0.4, 0.5) is 0 Å². The molecule has 1 aromatic carbocycles. The number of benzene rings is 1. The fourth-order valence-corrected chi connectivity index (χ4v) is 2.67. The van der Waals surface area contributed by atoms with Gasteiger partial charge in [0.25, 0.3) is 0 Å². The molecule has 100 valence electrons. The first-order chi connectivity index (χ1) is 9.20. The molecule has 4 heteroatoms. The minimum atomic E-state index is 0.161. The molecule has 0 saturated heterocycles. The summed E-state index contributed by atoms with van der Waals surface area (Å²) in [7, 11) is 0. The summed E-state index contributed by atoms with van der Waals surface area (Å²) in [5.74, 6) is 0.937. The maximum Gasteiger partial charge on any atom is 0.124 e. The van der Waals surface area contributed by atoms with Gasteiger partial charge in [-0.1, -0.05) is 11.6 Å². The standard InChI is InChI=1S/C15H16ClNO2/c1-11-7-17(8-12-4-5-18-10-12)9-13-6-14(16)2-3-15(13)19-11/h2-6,10-11H,7-9H2,1H3. The molecule has 1 aliphatic heterocycles. The molecule has 0 radical (unpaired) electrons. The number of hydrogen-bond donors (Lipinski definition) is 0. The largest absolute Gasteiger partial charge is 0.489 e. The molecular formula is C15H16ClNO2. The Balaban J connectivity index is 1.83. The zero-order chi connectivity index (χ0) is 13.2. The van der Waals surface area contributed by atoms with Gasteiger partial charge in [0.1, 0.15) is 11.9 Å². The van der Waals surface area contributed by atoms with E-state index in [1.807, 2.05) is 24.3 Å². The summed E-state index contributed by atoms with van der Waals surface area (Å²) >= 11 is 6.07. The van der Waals surface area contributed by atoms with E-state index in [4.69, 9.17) is 20.8 Å². The van der Waals surface area contributed by atoms with Crippen molar-refractivity contribution < 1.29 is 9.15 Å². The SMILES string of the molecule is CC1CN(Cc2ccoc2)Cc2cc(Cl)ccc2O1. The van der Waals surface area contributed by atoms with E-state index in [-0.39, 0.29) is 6.10 Å². The Bertz CT molecular complexity index is 553. The van der Waals surface area contributed by atoms with E-state index in [1.165, 1.54) is 5.56 Å². The van der Waals surface area contributed by atoms with Gasteiger partial charge in [0.05, 0.1) is 12.5 Å². The van der Waals surface area contributed by atoms with Crippen molar-refractivity contribution in [3.8, 4) is 5.75 Å². The van der Waals surface area contributed by atoms with Crippen molar-refractivity contribution in [2.24, 2.45) is 0 Å². The highest BCUT2D eigenvalue weighted by atomic mass is 35.5. The Kier molecular flexibility index (Phi) is 3.49. The van der Waals surface area contributed by atoms with Crippen LogP contribution in [0.2, 0.25) is 5.02 Å². The highest BCUT2D eigenvalue weighted by Gasteiger charge is 2.20. The molecule has 1 aliphatic rings. The van der Waals surface area contributed by atoms with E-state index in [9.17, 15) is 0 Å². The lowest BCUT2D eigenvalue weighted by Crippen LogP contribution is -2.30. The van der Waals surface area contributed by atoms with Crippen LogP contribution in [-0.4, -0.2) is 17.5 Å². The molecule has 19 heavy (non-hydrogen) atoms. The number of halogens is 1. The normalized spacial score (nSPS) is 19.6. The third kappa shape index (κ3) is 2.94. The van der Waals surface area contributed by atoms with Gasteiger partial charge < -0.3 is 9.15 Å². The van der Waals surface area contributed by atoms with E-state index in [0.29, 0.717) is 0 Å². The fraction of sp³-hybridized carbons (Fsp3) is 0.333. The second-order valence-electron chi connectivity index (χ2n) is 4.98. The molecule has 1 aromatic heterocycles. The van der Waals surface area contributed by atoms with Gasteiger partial charge in [0.2, 0.25) is 0 Å². The van der Waals surface area contributed by atoms with E-state index >= 15 is 0 Å². The number of ether oxygens (including phenoxy) is 1. The Morgan fingerprint density at radius 2 is 2.26 bits per heavy atom. The summed E-state index contributed by atoms with van der Waals surface area (Å²) in [6.45, 7) is 4.67. The Hall–Kier alpha value is -1.45. The van der Waals surface area contributed by atoms with Crippen molar-refractivity contribution in [3.63, 3.8) is 0 Å². The van der Waals surface area contributed by atoms with Gasteiger partial charge in [-0.15, -0.1) is 0 Å². The summed E-state index contributed by atoms with van der Waals surface area (Å²) < 4.78 is 11.1. The molecule has 0 fully saturated rings. The zero-order valence-electron chi connectivity index (χ0n) is 10.8. The smallest absolute Gasteiger partial charge is 0.124 e. The lowest BCUT2D eigenvalue weighted by Gasteiger charge is -2.20. The highest BCUT2D eigenvalue weighted by molar-refractivity contribution is 6.30. The average Bonchev–Trinajstić information content (AvgIpc) is 2.79. The molecule has 0 N–H and O–H groups in total. The second kappa shape index (κ2) is 5.27. The first-order valence-corrected chi connectivity index (χ1v) is 6.77. The van der Waals surface area contributed by atoms with E-state index in [2.05, 4.69) is 11.8 Å². The molecule has 0 spiro atoms. The van der Waals surface area contributed by atoms with Crippen LogP contribution in [0.1, 0.15) is 18.1 Å². The molecule has 0 aliphatic carbocycles. The predicted octanol–water partition coefficient (Wildman–Crippen LogP) is 3.72. The van der Waals surface area contributed by atoms with Crippen LogP contribution in [0.5, 0.6) is 5.75 Å². The minimum Gasteiger partial charge on any atom is -0.489 e. The lowest BCUT2D eigenvalue weighted by atomic mass is 10.2. The number of fused-ring (bicyclic) bond motifs is 1. The van der Waals surface area contributed by atoms with E-state index < -0.39 is 0 Å². The summed E-state index contributed by atoms with van der Waals surface area (Å²) in [5.41, 5.74) is 2.32. The molecule has 0 saturated carbocycles. The number of rotatable bonds is 2. The molecule has 2 aromatic rings. The van der Waals surface area contributed by atoms with Crippen molar-refractivity contribution in [2.45, 2.75) is 26.1 Å². The molecule has 0 amide bonds. The third-order valence-electron chi connectivity index (χ3n) is 3.25. The summed E-state index contributed by atoms with van der Waals surface area (Å²) in [5, 5.41) is 0.750. The third-order valence-corrected chi connectivity index (χ3v) is 3.48. The molecule has 3 rings (SSSR count). The van der Waals surface area contributed by atoms with Gasteiger partial charge in [0.15, 0.2) is 0 Å². The van der Waals surface area contributed by atoms with Crippen LogP contribution in [0.3, 0.4) is 0 Å². The van der Waals surface area contributed by atoms with E-state index in [1.54, 1.807) is 12.5 Å². The quantitative estimate of drug-likeness (QED) is 0.837. The van der Waals surface area contributed by atoms with Crippen LogP contribution in [0.25, 0.3) is 0 Å². The molecule has 3 nitrogen and oxygen atoms in total. The van der Waals surface area contributed by atoms with Crippen LogP contribution < -0.4 is 4.74 Å². The fourth-order valence-electron chi connectivity index (χ4n) is 2.47. The van der Waals surface area contributed by atoms with E-state index in [0.717, 1.165) is 36.0 Å². The monoisotopic (exact) mass is 277 g/mol. The van der Waals surface area contributed by atoms with Gasteiger partial charge in [-0.25, -0.2) is 0 Å². The predicted molar refractivity (Wildman–Crippen MR) is 74.4 cm³/mol. The van der Waals surface area contributed by atoms with Crippen LogP contribution >= 0.6 is 11.6 Å². The lowest BCUT2D eigenvalue weighted by molar-refractivity contribution is 0.156. The van der Waals surface area contributed by atoms with Gasteiger partial charge in [-0.3, -0.25) is 4.90 Å².